The standard InChI is InChI=1S/C18H23N3O3S2/c1-26(22,23)21-8-2-4-14-10-13(6-7-17(14)21)16-12-25-18(20-16)19-11-15-5-3-9-24-15/h6-7,10,12,15H,2-5,8-9,11H2,1H3,(H,19,20)/t15-/m1/s1. The van der Waals surface area contributed by atoms with Crippen molar-refractivity contribution in [2.45, 2.75) is 31.8 Å². The average molecular weight is 394 g/mol. The molecule has 1 aromatic carbocycles. The number of sulfonamides is 1. The highest BCUT2D eigenvalue weighted by Crippen LogP contribution is 2.34. The van der Waals surface area contributed by atoms with Crippen molar-refractivity contribution in [2.24, 2.45) is 0 Å². The monoisotopic (exact) mass is 393 g/mol. The van der Waals surface area contributed by atoms with Gasteiger partial charge in [-0.15, -0.1) is 11.3 Å². The van der Waals surface area contributed by atoms with Crippen LogP contribution in [-0.2, 0) is 21.2 Å². The van der Waals surface area contributed by atoms with Crippen molar-refractivity contribution in [3.63, 3.8) is 0 Å². The van der Waals surface area contributed by atoms with Gasteiger partial charge in [0.05, 0.1) is 23.7 Å². The van der Waals surface area contributed by atoms with Crippen LogP contribution in [-0.4, -0.2) is 45.5 Å². The van der Waals surface area contributed by atoms with Crippen LogP contribution in [0.4, 0.5) is 10.8 Å². The SMILES string of the molecule is CS(=O)(=O)N1CCCc2cc(-c3csc(NC[C@H]4CCCO4)n3)ccc21. The number of nitrogens with one attached hydrogen (secondary N) is 1. The summed E-state index contributed by atoms with van der Waals surface area (Å²) in [6, 6.07) is 5.94. The molecule has 0 saturated carbocycles. The Morgan fingerprint density at radius 1 is 1.38 bits per heavy atom. The third-order valence-electron chi connectivity index (χ3n) is 4.86. The van der Waals surface area contributed by atoms with Gasteiger partial charge in [0.15, 0.2) is 5.13 Å². The van der Waals surface area contributed by atoms with Gasteiger partial charge in [-0.05, 0) is 43.4 Å². The van der Waals surface area contributed by atoms with Gasteiger partial charge in [0, 0.05) is 30.6 Å². The topological polar surface area (TPSA) is 71.5 Å². The largest absolute Gasteiger partial charge is 0.376 e. The van der Waals surface area contributed by atoms with Gasteiger partial charge < -0.3 is 10.1 Å². The first-order valence-corrected chi connectivity index (χ1v) is 11.7. The fourth-order valence-corrected chi connectivity index (χ4v) is 5.29. The fourth-order valence-electron chi connectivity index (χ4n) is 3.56. The lowest BCUT2D eigenvalue weighted by Crippen LogP contribution is -2.34. The fraction of sp³-hybridized carbons (Fsp3) is 0.500. The molecular formula is C18H23N3O3S2. The Balaban J connectivity index is 1.52. The lowest BCUT2D eigenvalue weighted by Gasteiger charge is -2.29. The molecule has 0 bridgehead atoms. The summed E-state index contributed by atoms with van der Waals surface area (Å²) < 4.78 is 31.1. The van der Waals surface area contributed by atoms with Crippen molar-refractivity contribution in [2.75, 3.05) is 35.6 Å². The molecule has 1 saturated heterocycles. The third-order valence-corrected chi connectivity index (χ3v) is 6.84. The number of aryl methyl sites for hydroxylation is 1. The number of hydrogen-bond acceptors (Lipinski definition) is 6. The number of aromatic nitrogens is 1. The van der Waals surface area contributed by atoms with E-state index < -0.39 is 10.0 Å². The summed E-state index contributed by atoms with van der Waals surface area (Å²) in [5, 5.41) is 6.29. The van der Waals surface area contributed by atoms with Crippen LogP contribution in [0.1, 0.15) is 24.8 Å². The predicted octanol–water partition coefficient (Wildman–Crippen LogP) is 3.11. The molecule has 0 amide bonds. The molecule has 2 aromatic rings. The zero-order valence-corrected chi connectivity index (χ0v) is 16.4. The van der Waals surface area contributed by atoms with Crippen molar-refractivity contribution in [3.8, 4) is 11.3 Å². The van der Waals surface area contributed by atoms with E-state index in [4.69, 9.17) is 4.74 Å². The Morgan fingerprint density at radius 3 is 3.04 bits per heavy atom. The summed E-state index contributed by atoms with van der Waals surface area (Å²) in [7, 11) is -3.23. The molecule has 1 atom stereocenters. The molecule has 1 fully saturated rings. The van der Waals surface area contributed by atoms with Gasteiger partial charge in [0.2, 0.25) is 10.0 Å². The molecule has 1 aromatic heterocycles. The Morgan fingerprint density at radius 2 is 2.27 bits per heavy atom. The second-order valence-electron chi connectivity index (χ2n) is 6.84. The van der Waals surface area contributed by atoms with Crippen LogP contribution in [0, 0.1) is 0 Å². The maximum atomic E-state index is 12.0. The minimum absolute atomic E-state index is 0.285. The maximum Gasteiger partial charge on any atom is 0.232 e. The maximum absolute atomic E-state index is 12.0. The first-order chi connectivity index (χ1) is 12.5. The Bertz CT molecular complexity index is 889. The summed E-state index contributed by atoms with van der Waals surface area (Å²) in [5.41, 5.74) is 3.82. The molecule has 0 radical (unpaired) electrons. The van der Waals surface area contributed by atoms with Crippen LogP contribution in [0.3, 0.4) is 0 Å². The van der Waals surface area contributed by atoms with Gasteiger partial charge in [-0.1, -0.05) is 6.07 Å². The minimum atomic E-state index is -3.23. The molecule has 0 aliphatic carbocycles. The number of fused-ring (bicyclic) bond motifs is 1. The molecule has 6 nitrogen and oxygen atoms in total. The van der Waals surface area contributed by atoms with E-state index in [-0.39, 0.29) is 6.10 Å². The molecule has 0 unspecified atom stereocenters. The number of ether oxygens (including phenoxy) is 1. The molecule has 3 heterocycles. The number of benzene rings is 1. The number of hydrogen-bond donors (Lipinski definition) is 1. The molecule has 1 N–H and O–H groups in total. The first kappa shape index (κ1) is 17.8. The van der Waals surface area contributed by atoms with Crippen molar-refractivity contribution in [1.29, 1.82) is 0 Å². The minimum Gasteiger partial charge on any atom is -0.376 e. The third kappa shape index (κ3) is 3.72. The average Bonchev–Trinajstić information content (AvgIpc) is 3.30. The van der Waals surface area contributed by atoms with Crippen LogP contribution in [0.2, 0.25) is 0 Å². The quantitative estimate of drug-likeness (QED) is 0.845. The van der Waals surface area contributed by atoms with E-state index in [1.54, 1.807) is 11.3 Å². The van der Waals surface area contributed by atoms with Crippen molar-refractivity contribution >= 4 is 32.2 Å². The molecule has 26 heavy (non-hydrogen) atoms. The van der Waals surface area contributed by atoms with Crippen molar-refractivity contribution in [1.82, 2.24) is 4.98 Å². The van der Waals surface area contributed by atoms with Crippen LogP contribution >= 0.6 is 11.3 Å². The molecule has 140 valence electrons. The van der Waals surface area contributed by atoms with Gasteiger partial charge in [-0.25, -0.2) is 13.4 Å². The summed E-state index contributed by atoms with van der Waals surface area (Å²) in [6.07, 6.45) is 5.52. The summed E-state index contributed by atoms with van der Waals surface area (Å²) in [6.45, 7) is 2.20. The van der Waals surface area contributed by atoms with E-state index in [0.29, 0.717) is 6.54 Å². The zero-order chi connectivity index (χ0) is 18.1. The lowest BCUT2D eigenvalue weighted by molar-refractivity contribution is 0.120. The smallest absolute Gasteiger partial charge is 0.232 e. The number of nitrogens with zero attached hydrogens (tertiary/aromatic N) is 2. The first-order valence-electron chi connectivity index (χ1n) is 8.93. The van der Waals surface area contributed by atoms with Crippen molar-refractivity contribution in [3.05, 3.63) is 29.1 Å². The summed E-state index contributed by atoms with van der Waals surface area (Å²) >= 11 is 1.59. The summed E-state index contributed by atoms with van der Waals surface area (Å²) in [5.74, 6) is 0. The van der Waals surface area contributed by atoms with Crippen molar-refractivity contribution < 1.29 is 13.2 Å². The highest BCUT2D eigenvalue weighted by molar-refractivity contribution is 7.92. The highest BCUT2D eigenvalue weighted by Gasteiger charge is 2.24. The summed E-state index contributed by atoms with van der Waals surface area (Å²) in [4.78, 5) is 4.68. The Kier molecular flexibility index (Phi) is 4.90. The number of rotatable bonds is 5. The molecule has 4 rings (SSSR count). The van der Waals surface area contributed by atoms with E-state index in [1.165, 1.54) is 10.6 Å². The van der Waals surface area contributed by atoms with Gasteiger partial charge in [-0.3, -0.25) is 4.31 Å². The molecule has 0 spiro atoms. The van der Waals surface area contributed by atoms with Crippen LogP contribution in [0.15, 0.2) is 23.6 Å². The van der Waals surface area contributed by atoms with Gasteiger partial charge in [-0.2, -0.15) is 0 Å². The van der Waals surface area contributed by atoms with Gasteiger partial charge in [0.25, 0.3) is 0 Å². The predicted molar refractivity (Wildman–Crippen MR) is 106 cm³/mol. The second kappa shape index (κ2) is 7.17. The van der Waals surface area contributed by atoms with E-state index in [9.17, 15) is 8.42 Å². The number of anilines is 2. The van der Waals surface area contributed by atoms with Crippen LogP contribution in [0.5, 0.6) is 0 Å². The van der Waals surface area contributed by atoms with E-state index >= 15 is 0 Å². The second-order valence-corrected chi connectivity index (χ2v) is 9.60. The normalized spacial score (nSPS) is 20.2. The molecule has 8 heteroatoms. The van der Waals surface area contributed by atoms with Crippen LogP contribution in [0.25, 0.3) is 11.3 Å². The molecule has 2 aliphatic rings. The Hall–Kier alpha value is -1.64. The van der Waals surface area contributed by atoms with Crippen LogP contribution < -0.4 is 9.62 Å². The lowest BCUT2D eigenvalue weighted by atomic mass is 10.00. The van der Waals surface area contributed by atoms with E-state index in [1.807, 2.05) is 17.5 Å². The van der Waals surface area contributed by atoms with E-state index in [0.717, 1.165) is 66.5 Å². The van der Waals surface area contributed by atoms with Gasteiger partial charge >= 0.3 is 0 Å². The number of thiazole rings is 1. The Labute approximate surface area is 158 Å². The van der Waals surface area contributed by atoms with E-state index in [2.05, 4.69) is 16.4 Å². The molecular weight excluding hydrogens is 370 g/mol. The zero-order valence-electron chi connectivity index (χ0n) is 14.8. The molecule has 2 aliphatic heterocycles. The highest BCUT2D eigenvalue weighted by atomic mass is 32.2. The van der Waals surface area contributed by atoms with Gasteiger partial charge in [0.1, 0.15) is 0 Å².